The fourth-order valence-corrected chi connectivity index (χ4v) is 4.55. The minimum Gasteiger partial charge on any atom is -0.491 e. The van der Waals surface area contributed by atoms with E-state index in [1.54, 1.807) is 6.92 Å². The number of cyclic esters (lactones) is 1. The molecule has 168 valence electrons. The normalized spacial score (nSPS) is 19.9. The SMILES string of the molecule is Cc1c(N2C(=O)OCC2=C(F)F)nc2n1CCOc1cc(N3CCC[C@H]3C(N)=O)ccc1-2. The predicted octanol–water partition coefficient (Wildman–Crippen LogP) is 2.77. The van der Waals surface area contributed by atoms with Gasteiger partial charge in [-0.2, -0.15) is 8.78 Å². The van der Waals surface area contributed by atoms with Crippen molar-refractivity contribution in [1.29, 1.82) is 0 Å². The zero-order valence-electron chi connectivity index (χ0n) is 17.3. The molecule has 3 aliphatic rings. The zero-order chi connectivity index (χ0) is 22.6. The smallest absolute Gasteiger partial charge is 0.420 e. The van der Waals surface area contributed by atoms with Crippen molar-refractivity contribution < 1.29 is 27.8 Å². The van der Waals surface area contributed by atoms with Crippen LogP contribution < -0.4 is 20.3 Å². The Balaban J connectivity index is 1.57. The van der Waals surface area contributed by atoms with Gasteiger partial charge in [0.25, 0.3) is 6.08 Å². The summed E-state index contributed by atoms with van der Waals surface area (Å²) in [6, 6.07) is 5.16. The maximum atomic E-state index is 13.4. The van der Waals surface area contributed by atoms with Gasteiger partial charge in [0.2, 0.25) is 5.91 Å². The van der Waals surface area contributed by atoms with E-state index in [0.29, 0.717) is 48.9 Å². The largest absolute Gasteiger partial charge is 0.491 e. The molecule has 2 N–H and O–H groups in total. The molecule has 1 atom stereocenters. The van der Waals surface area contributed by atoms with Crippen LogP contribution in [0.1, 0.15) is 18.5 Å². The van der Waals surface area contributed by atoms with Gasteiger partial charge >= 0.3 is 6.09 Å². The van der Waals surface area contributed by atoms with Gasteiger partial charge in [-0.15, -0.1) is 0 Å². The Kier molecular flexibility index (Phi) is 4.75. The number of ether oxygens (including phenoxy) is 2. The maximum absolute atomic E-state index is 13.4. The van der Waals surface area contributed by atoms with Crippen molar-refractivity contribution in [3.8, 4) is 17.1 Å². The number of rotatable bonds is 3. The van der Waals surface area contributed by atoms with E-state index in [4.69, 9.17) is 15.2 Å². The lowest BCUT2D eigenvalue weighted by atomic mass is 10.1. The Morgan fingerprint density at radius 3 is 2.81 bits per heavy atom. The van der Waals surface area contributed by atoms with E-state index in [9.17, 15) is 18.4 Å². The van der Waals surface area contributed by atoms with Gasteiger partial charge in [-0.1, -0.05) is 0 Å². The highest BCUT2D eigenvalue weighted by atomic mass is 19.3. The number of halogens is 2. The number of nitrogens with zero attached hydrogens (tertiary/aromatic N) is 4. The van der Waals surface area contributed by atoms with Crippen molar-refractivity contribution in [2.75, 3.05) is 29.6 Å². The van der Waals surface area contributed by atoms with Gasteiger partial charge in [0.05, 0.1) is 17.8 Å². The van der Waals surface area contributed by atoms with E-state index in [2.05, 4.69) is 4.98 Å². The number of carbonyl (C=O) groups excluding carboxylic acids is 2. The number of aromatic nitrogens is 2. The number of imidazole rings is 1. The summed E-state index contributed by atoms with van der Waals surface area (Å²) in [7, 11) is 0. The van der Waals surface area contributed by atoms with Crippen molar-refractivity contribution in [2.45, 2.75) is 32.4 Å². The summed E-state index contributed by atoms with van der Waals surface area (Å²) in [6.07, 6.45) is -1.30. The molecule has 5 rings (SSSR count). The Morgan fingerprint density at radius 2 is 2.06 bits per heavy atom. The molecule has 0 aliphatic carbocycles. The van der Waals surface area contributed by atoms with Crippen LogP contribution in [0.25, 0.3) is 11.4 Å². The summed E-state index contributed by atoms with van der Waals surface area (Å²) in [5.41, 5.74) is 7.06. The summed E-state index contributed by atoms with van der Waals surface area (Å²) >= 11 is 0. The highest BCUT2D eigenvalue weighted by molar-refractivity contribution is 5.94. The first-order valence-corrected chi connectivity index (χ1v) is 10.3. The Bertz CT molecular complexity index is 1160. The van der Waals surface area contributed by atoms with Crippen molar-refractivity contribution in [1.82, 2.24) is 9.55 Å². The van der Waals surface area contributed by atoms with Crippen molar-refractivity contribution in [3.63, 3.8) is 0 Å². The molecule has 0 radical (unpaired) electrons. The number of anilines is 2. The van der Waals surface area contributed by atoms with Crippen LogP contribution in [0.15, 0.2) is 30.0 Å². The molecule has 3 aliphatic heterocycles. The van der Waals surface area contributed by atoms with E-state index in [1.807, 2.05) is 27.7 Å². The molecule has 1 aromatic heterocycles. The Morgan fingerprint density at radius 1 is 1.25 bits per heavy atom. The number of carbonyl (C=O) groups is 2. The monoisotopic (exact) mass is 445 g/mol. The molecular formula is C21H21F2N5O4. The predicted molar refractivity (Wildman–Crippen MR) is 111 cm³/mol. The van der Waals surface area contributed by atoms with Gasteiger partial charge in [-0.3, -0.25) is 4.79 Å². The van der Waals surface area contributed by atoms with Gasteiger partial charge in [-0.25, -0.2) is 14.7 Å². The third-order valence-electron chi connectivity index (χ3n) is 6.10. The fraction of sp³-hybridized carbons (Fsp3) is 0.381. The first-order valence-electron chi connectivity index (χ1n) is 10.3. The van der Waals surface area contributed by atoms with Gasteiger partial charge in [0, 0.05) is 18.3 Å². The quantitative estimate of drug-likeness (QED) is 0.780. The molecule has 2 fully saturated rings. The second kappa shape index (κ2) is 7.50. The number of nitrogens with two attached hydrogens (primary N) is 1. The van der Waals surface area contributed by atoms with E-state index < -0.39 is 24.5 Å². The van der Waals surface area contributed by atoms with Crippen molar-refractivity contribution >= 4 is 23.5 Å². The summed E-state index contributed by atoms with van der Waals surface area (Å²) in [5.74, 6) is 0.804. The van der Waals surface area contributed by atoms with Crippen LogP contribution >= 0.6 is 0 Å². The molecule has 2 aromatic rings. The number of primary amides is 1. The molecule has 11 heteroatoms. The third-order valence-corrected chi connectivity index (χ3v) is 6.10. The number of benzene rings is 1. The summed E-state index contributed by atoms with van der Waals surface area (Å²) in [6.45, 7) is 2.68. The average molecular weight is 445 g/mol. The molecule has 32 heavy (non-hydrogen) atoms. The van der Waals surface area contributed by atoms with Crippen LogP contribution in [-0.2, 0) is 16.1 Å². The number of amides is 2. The van der Waals surface area contributed by atoms with Gasteiger partial charge in [-0.05, 0) is 31.9 Å². The average Bonchev–Trinajstić information content (AvgIpc) is 3.43. The molecule has 0 unspecified atom stereocenters. The minimum absolute atomic E-state index is 0.107. The van der Waals surface area contributed by atoms with Crippen LogP contribution in [0.5, 0.6) is 5.75 Å². The third kappa shape index (κ3) is 3.07. The number of hydrogen-bond acceptors (Lipinski definition) is 6. The summed E-state index contributed by atoms with van der Waals surface area (Å²) in [5, 5.41) is 0. The van der Waals surface area contributed by atoms with Crippen LogP contribution in [-0.4, -0.2) is 47.4 Å². The second-order valence-corrected chi connectivity index (χ2v) is 7.88. The molecule has 0 bridgehead atoms. The van der Waals surface area contributed by atoms with E-state index >= 15 is 0 Å². The fourth-order valence-electron chi connectivity index (χ4n) is 4.55. The van der Waals surface area contributed by atoms with Gasteiger partial charge in [0.1, 0.15) is 36.5 Å². The maximum Gasteiger partial charge on any atom is 0.420 e. The molecule has 0 saturated carbocycles. The minimum atomic E-state index is -1.98. The highest BCUT2D eigenvalue weighted by Crippen LogP contribution is 2.40. The second-order valence-electron chi connectivity index (χ2n) is 7.88. The van der Waals surface area contributed by atoms with Gasteiger partial charge in [0.15, 0.2) is 5.82 Å². The number of fused-ring (bicyclic) bond motifs is 3. The zero-order valence-corrected chi connectivity index (χ0v) is 17.3. The van der Waals surface area contributed by atoms with Crippen LogP contribution in [0.4, 0.5) is 25.1 Å². The topological polar surface area (TPSA) is 103 Å². The lowest BCUT2D eigenvalue weighted by Gasteiger charge is -2.25. The number of hydrogen-bond donors (Lipinski definition) is 1. The molecule has 4 heterocycles. The first-order chi connectivity index (χ1) is 15.4. The standard InChI is InChI=1S/C21H21F2N5O4/c1-11-19(28-15(17(22)23)10-32-21(28)30)25-20-13-5-4-12(9-16(13)31-8-7-26(11)20)27-6-2-3-14(27)18(24)29/h4-5,9,14H,2-3,6-8,10H2,1H3,(H2,24,29)/t14-/m0/s1. The Hall–Kier alpha value is -3.63. The lowest BCUT2D eigenvalue weighted by Crippen LogP contribution is -2.40. The van der Waals surface area contributed by atoms with Gasteiger partial charge < -0.3 is 24.7 Å². The Labute approximate surface area is 182 Å². The van der Waals surface area contributed by atoms with Crippen molar-refractivity contribution in [2.24, 2.45) is 5.73 Å². The summed E-state index contributed by atoms with van der Waals surface area (Å²) in [4.78, 5) is 31.3. The lowest BCUT2D eigenvalue weighted by molar-refractivity contribution is -0.119. The van der Waals surface area contributed by atoms with Crippen LogP contribution in [0.3, 0.4) is 0 Å². The van der Waals surface area contributed by atoms with E-state index in [0.717, 1.165) is 17.0 Å². The van der Waals surface area contributed by atoms with Crippen LogP contribution in [0.2, 0.25) is 0 Å². The molecule has 2 amide bonds. The van der Waals surface area contributed by atoms with Crippen LogP contribution in [0, 0.1) is 6.92 Å². The molecule has 9 nitrogen and oxygen atoms in total. The molecule has 1 aromatic carbocycles. The van der Waals surface area contributed by atoms with Crippen molar-refractivity contribution in [3.05, 3.63) is 35.7 Å². The van der Waals surface area contributed by atoms with E-state index in [-0.39, 0.29) is 17.8 Å². The highest BCUT2D eigenvalue weighted by Gasteiger charge is 2.37. The first kappa shape index (κ1) is 20.3. The molecule has 0 spiro atoms. The summed E-state index contributed by atoms with van der Waals surface area (Å²) < 4.78 is 39.3. The molecule has 2 saturated heterocycles. The van der Waals surface area contributed by atoms with E-state index in [1.165, 1.54) is 0 Å². The molecular weight excluding hydrogens is 424 g/mol.